The van der Waals surface area contributed by atoms with E-state index < -0.39 is 10.8 Å². The highest BCUT2D eigenvalue weighted by molar-refractivity contribution is 6.05. The Bertz CT molecular complexity index is 797. The van der Waals surface area contributed by atoms with Gasteiger partial charge in [0, 0.05) is 11.6 Å². The molecule has 25 heavy (non-hydrogen) atoms. The van der Waals surface area contributed by atoms with Crippen LogP contribution in [0.4, 0.5) is 11.5 Å². The predicted octanol–water partition coefficient (Wildman–Crippen LogP) is 2.58. The van der Waals surface area contributed by atoms with Crippen molar-refractivity contribution in [2.45, 2.75) is 6.92 Å². The number of hydrogen-bond donors (Lipinski definition) is 1. The molecular formula is C16H17N3O6. The van der Waals surface area contributed by atoms with Crippen molar-refractivity contribution in [1.29, 1.82) is 0 Å². The molecule has 9 nitrogen and oxygen atoms in total. The predicted molar refractivity (Wildman–Crippen MR) is 89.7 cm³/mol. The molecule has 1 aromatic carbocycles. The lowest BCUT2D eigenvalue weighted by Gasteiger charge is -2.14. The summed E-state index contributed by atoms with van der Waals surface area (Å²) in [6.45, 7) is 1.62. The van der Waals surface area contributed by atoms with Crippen molar-refractivity contribution in [1.82, 2.24) is 4.98 Å². The van der Waals surface area contributed by atoms with Crippen LogP contribution in [0.3, 0.4) is 0 Å². The molecule has 0 unspecified atom stereocenters. The number of hydrogen-bond acceptors (Lipinski definition) is 7. The summed E-state index contributed by atoms with van der Waals surface area (Å²) < 4.78 is 15.6. The Hall–Kier alpha value is -3.36. The number of ether oxygens (including phenoxy) is 3. The van der Waals surface area contributed by atoms with Crippen LogP contribution >= 0.6 is 0 Å². The zero-order chi connectivity index (χ0) is 18.6. The van der Waals surface area contributed by atoms with Crippen LogP contribution in [0.15, 0.2) is 24.4 Å². The molecule has 132 valence electrons. The van der Waals surface area contributed by atoms with E-state index in [1.807, 2.05) is 0 Å². The average molecular weight is 347 g/mol. The molecule has 0 saturated carbocycles. The molecule has 0 aliphatic carbocycles. The van der Waals surface area contributed by atoms with Gasteiger partial charge in [-0.25, -0.2) is 4.98 Å². The normalized spacial score (nSPS) is 10.1. The van der Waals surface area contributed by atoms with Crippen molar-refractivity contribution in [2.24, 2.45) is 0 Å². The van der Waals surface area contributed by atoms with Gasteiger partial charge in [-0.3, -0.25) is 14.9 Å². The highest BCUT2D eigenvalue weighted by Crippen LogP contribution is 2.38. The highest BCUT2D eigenvalue weighted by atomic mass is 16.6. The van der Waals surface area contributed by atoms with Gasteiger partial charge >= 0.3 is 0 Å². The number of aromatic nitrogens is 1. The third-order valence-corrected chi connectivity index (χ3v) is 3.43. The Morgan fingerprint density at radius 2 is 1.72 bits per heavy atom. The SMILES string of the molecule is COc1cc(C(=O)Nc2ncc([N+](=O)[O-])cc2C)cc(OC)c1OC. The number of amides is 1. The van der Waals surface area contributed by atoms with E-state index in [0.29, 0.717) is 22.8 Å². The Morgan fingerprint density at radius 1 is 1.12 bits per heavy atom. The van der Waals surface area contributed by atoms with Gasteiger partial charge in [-0.05, 0) is 24.6 Å². The fourth-order valence-electron chi connectivity index (χ4n) is 2.18. The van der Waals surface area contributed by atoms with Crippen molar-refractivity contribution in [3.63, 3.8) is 0 Å². The van der Waals surface area contributed by atoms with Gasteiger partial charge in [-0.2, -0.15) is 0 Å². The first-order chi connectivity index (χ1) is 11.9. The number of aryl methyl sites for hydroxylation is 1. The van der Waals surface area contributed by atoms with E-state index in [1.165, 1.54) is 39.5 Å². The minimum atomic E-state index is -0.551. The number of nitrogens with one attached hydrogen (secondary N) is 1. The molecular weight excluding hydrogens is 330 g/mol. The second kappa shape index (κ2) is 7.47. The summed E-state index contributed by atoms with van der Waals surface area (Å²) in [4.78, 5) is 26.6. The summed E-state index contributed by atoms with van der Waals surface area (Å²) in [5, 5.41) is 13.4. The average Bonchev–Trinajstić information content (AvgIpc) is 2.61. The summed E-state index contributed by atoms with van der Waals surface area (Å²) in [6.07, 6.45) is 1.08. The van der Waals surface area contributed by atoms with Crippen LogP contribution in [0.25, 0.3) is 0 Å². The summed E-state index contributed by atoms with van der Waals surface area (Å²) in [5.74, 6) is 0.792. The zero-order valence-corrected chi connectivity index (χ0v) is 14.2. The largest absolute Gasteiger partial charge is 0.493 e. The van der Waals surface area contributed by atoms with E-state index in [0.717, 1.165) is 6.20 Å². The Balaban J connectivity index is 2.34. The maximum absolute atomic E-state index is 12.5. The molecule has 0 spiro atoms. The van der Waals surface area contributed by atoms with E-state index in [4.69, 9.17) is 14.2 Å². The summed E-state index contributed by atoms with van der Waals surface area (Å²) in [6, 6.07) is 4.33. The molecule has 1 amide bonds. The van der Waals surface area contributed by atoms with Crippen LogP contribution in [0.1, 0.15) is 15.9 Å². The Morgan fingerprint density at radius 3 is 2.16 bits per heavy atom. The second-order valence-corrected chi connectivity index (χ2v) is 4.98. The fraction of sp³-hybridized carbons (Fsp3) is 0.250. The first kappa shape index (κ1) is 18.0. The van der Waals surface area contributed by atoms with Gasteiger partial charge in [0.2, 0.25) is 5.75 Å². The van der Waals surface area contributed by atoms with Gasteiger partial charge in [0.05, 0.1) is 26.3 Å². The third kappa shape index (κ3) is 3.77. The van der Waals surface area contributed by atoms with Crippen molar-refractivity contribution >= 4 is 17.4 Å². The standard InChI is InChI=1S/C16H17N3O6/c1-9-5-11(19(21)22)8-17-15(9)18-16(20)10-6-12(23-2)14(25-4)13(7-10)24-3/h5-8H,1-4H3,(H,17,18,20). The first-order valence-electron chi connectivity index (χ1n) is 7.13. The molecule has 0 fully saturated rings. The van der Waals surface area contributed by atoms with Crippen molar-refractivity contribution < 1.29 is 23.9 Å². The monoisotopic (exact) mass is 347 g/mol. The summed E-state index contributed by atoms with van der Waals surface area (Å²) in [5.41, 5.74) is 0.576. The number of nitrogens with zero attached hydrogens (tertiary/aromatic N) is 2. The zero-order valence-electron chi connectivity index (χ0n) is 14.2. The van der Waals surface area contributed by atoms with E-state index >= 15 is 0 Å². The van der Waals surface area contributed by atoms with E-state index in [2.05, 4.69) is 10.3 Å². The fourth-order valence-corrected chi connectivity index (χ4v) is 2.18. The topological polar surface area (TPSA) is 113 Å². The number of methoxy groups -OCH3 is 3. The molecule has 0 atom stereocenters. The van der Waals surface area contributed by atoms with Gasteiger partial charge in [0.15, 0.2) is 11.5 Å². The lowest BCUT2D eigenvalue weighted by Crippen LogP contribution is -2.14. The molecule has 1 aromatic heterocycles. The van der Waals surface area contributed by atoms with E-state index in [-0.39, 0.29) is 17.1 Å². The lowest BCUT2D eigenvalue weighted by atomic mass is 10.1. The van der Waals surface area contributed by atoms with Crippen molar-refractivity contribution in [2.75, 3.05) is 26.6 Å². The number of pyridine rings is 1. The number of benzene rings is 1. The molecule has 0 radical (unpaired) electrons. The molecule has 1 heterocycles. The molecule has 0 aliphatic heterocycles. The Labute approximate surface area is 143 Å². The first-order valence-corrected chi connectivity index (χ1v) is 7.13. The van der Waals surface area contributed by atoms with E-state index in [1.54, 1.807) is 6.92 Å². The van der Waals surface area contributed by atoms with Gasteiger partial charge in [0.1, 0.15) is 12.0 Å². The van der Waals surface area contributed by atoms with Gasteiger partial charge in [-0.15, -0.1) is 0 Å². The maximum Gasteiger partial charge on any atom is 0.287 e. The van der Waals surface area contributed by atoms with Gasteiger partial charge < -0.3 is 19.5 Å². The molecule has 0 bridgehead atoms. The minimum absolute atomic E-state index is 0.150. The molecule has 0 saturated heterocycles. The van der Waals surface area contributed by atoms with Crippen molar-refractivity contribution in [3.05, 3.63) is 45.6 Å². The van der Waals surface area contributed by atoms with Crippen LogP contribution in [0.2, 0.25) is 0 Å². The highest BCUT2D eigenvalue weighted by Gasteiger charge is 2.18. The second-order valence-electron chi connectivity index (χ2n) is 4.98. The number of carbonyl (C=O) groups excluding carboxylic acids is 1. The molecule has 9 heteroatoms. The smallest absolute Gasteiger partial charge is 0.287 e. The number of rotatable bonds is 6. The third-order valence-electron chi connectivity index (χ3n) is 3.43. The Kier molecular flexibility index (Phi) is 5.38. The molecule has 1 N–H and O–H groups in total. The number of nitro groups is 1. The van der Waals surface area contributed by atoms with Crippen LogP contribution in [0, 0.1) is 17.0 Å². The van der Waals surface area contributed by atoms with Gasteiger partial charge in [-0.1, -0.05) is 0 Å². The van der Waals surface area contributed by atoms with Crippen LogP contribution in [-0.2, 0) is 0 Å². The van der Waals surface area contributed by atoms with Crippen LogP contribution in [-0.4, -0.2) is 37.1 Å². The minimum Gasteiger partial charge on any atom is -0.493 e. The van der Waals surface area contributed by atoms with Crippen LogP contribution in [0.5, 0.6) is 17.2 Å². The van der Waals surface area contributed by atoms with E-state index in [9.17, 15) is 14.9 Å². The summed E-state index contributed by atoms with van der Waals surface area (Å²) in [7, 11) is 4.35. The number of anilines is 1. The lowest BCUT2D eigenvalue weighted by molar-refractivity contribution is -0.385. The summed E-state index contributed by atoms with van der Waals surface area (Å²) >= 11 is 0. The van der Waals surface area contributed by atoms with Crippen molar-refractivity contribution in [3.8, 4) is 17.2 Å². The van der Waals surface area contributed by atoms with Gasteiger partial charge in [0.25, 0.3) is 11.6 Å². The molecule has 2 aromatic rings. The molecule has 0 aliphatic rings. The maximum atomic E-state index is 12.5. The van der Waals surface area contributed by atoms with Crippen LogP contribution < -0.4 is 19.5 Å². The molecule has 2 rings (SSSR count). The quantitative estimate of drug-likeness (QED) is 0.631. The number of carbonyl (C=O) groups is 1.